The Bertz CT molecular complexity index is 641. The van der Waals surface area contributed by atoms with Crippen LogP contribution in [-0.4, -0.2) is 13.0 Å². The van der Waals surface area contributed by atoms with Crippen LogP contribution in [0.25, 0.3) is 0 Å². The Morgan fingerprint density at radius 3 is 2.48 bits per heavy atom. The van der Waals surface area contributed by atoms with Gasteiger partial charge in [-0.15, -0.1) is 0 Å². The lowest BCUT2D eigenvalue weighted by molar-refractivity contribution is 0.0940. The van der Waals surface area contributed by atoms with E-state index >= 15 is 0 Å². The molecule has 0 spiro atoms. The minimum absolute atomic E-state index is 0.125. The lowest BCUT2D eigenvalue weighted by Crippen LogP contribution is -2.26. The average molecular weight is 305 g/mol. The number of amides is 1. The second kappa shape index (κ2) is 6.50. The van der Waals surface area contributed by atoms with Crippen LogP contribution in [0.15, 0.2) is 42.5 Å². The van der Waals surface area contributed by atoms with Gasteiger partial charge >= 0.3 is 0 Å². The molecule has 0 saturated heterocycles. The van der Waals surface area contributed by atoms with Crippen LogP contribution in [-0.2, 0) is 0 Å². The monoisotopic (exact) mass is 304 g/mol. The third-order valence-corrected chi connectivity index (χ3v) is 3.55. The quantitative estimate of drug-likeness (QED) is 0.851. The molecule has 1 unspecified atom stereocenters. The number of ether oxygens (including phenoxy) is 1. The molecule has 4 nitrogen and oxygen atoms in total. The zero-order valence-corrected chi connectivity index (χ0v) is 12.6. The maximum absolute atomic E-state index is 12.2. The van der Waals surface area contributed by atoms with Gasteiger partial charge in [0, 0.05) is 5.56 Å². The highest BCUT2D eigenvalue weighted by Crippen LogP contribution is 2.21. The van der Waals surface area contributed by atoms with Crippen LogP contribution in [0.3, 0.4) is 0 Å². The molecule has 3 N–H and O–H groups in total. The third kappa shape index (κ3) is 3.67. The molecule has 0 aromatic heterocycles. The Balaban J connectivity index is 2.08. The summed E-state index contributed by atoms with van der Waals surface area (Å²) in [6.07, 6.45) is 0. The zero-order valence-electron chi connectivity index (χ0n) is 11.9. The highest BCUT2D eigenvalue weighted by atomic mass is 35.5. The van der Waals surface area contributed by atoms with Gasteiger partial charge in [0.25, 0.3) is 5.91 Å². The van der Waals surface area contributed by atoms with Crippen molar-refractivity contribution < 1.29 is 9.53 Å². The molecule has 0 fully saturated rings. The molecule has 0 aliphatic carbocycles. The summed E-state index contributed by atoms with van der Waals surface area (Å²) in [5, 5.41) is 3.29. The third-order valence-electron chi connectivity index (χ3n) is 3.23. The van der Waals surface area contributed by atoms with E-state index in [0.29, 0.717) is 16.3 Å². The van der Waals surface area contributed by atoms with Gasteiger partial charge in [-0.2, -0.15) is 0 Å². The van der Waals surface area contributed by atoms with Gasteiger partial charge in [0.05, 0.1) is 23.9 Å². The fourth-order valence-corrected chi connectivity index (χ4v) is 2.10. The van der Waals surface area contributed by atoms with E-state index in [4.69, 9.17) is 22.1 Å². The van der Waals surface area contributed by atoms with Crippen LogP contribution in [0.2, 0.25) is 5.02 Å². The number of nitrogens with one attached hydrogen (secondary N) is 1. The fourth-order valence-electron chi connectivity index (χ4n) is 1.92. The molecule has 0 saturated carbocycles. The van der Waals surface area contributed by atoms with Crippen LogP contribution in [0.5, 0.6) is 5.75 Å². The van der Waals surface area contributed by atoms with Gasteiger partial charge in [-0.1, -0.05) is 23.7 Å². The predicted molar refractivity (Wildman–Crippen MR) is 84.7 cm³/mol. The van der Waals surface area contributed by atoms with Crippen LogP contribution >= 0.6 is 11.6 Å². The Hall–Kier alpha value is -2.20. The predicted octanol–water partition coefficient (Wildman–Crippen LogP) is 3.42. The molecular weight excluding hydrogens is 288 g/mol. The van der Waals surface area contributed by atoms with Crippen molar-refractivity contribution >= 4 is 23.2 Å². The lowest BCUT2D eigenvalue weighted by Gasteiger charge is -2.15. The SMILES string of the molecule is COc1ccc(C(C)NC(=O)c2ccc(N)c(Cl)c2)cc1. The topological polar surface area (TPSA) is 64.3 Å². The summed E-state index contributed by atoms with van der Waals surface area (Å²) in [6, 6.07) is 12.3. The first-order valence-corrected chi connectivity index (χ1v) is 6.89. The Kier molecular flexibility index (Phi) is 4.70. The number of rotatable bonds is 4. The van der Waals surface area contributed by atoms with Crippen molar-refractivity contribution in [2.75, 3.05) is 12.8 Å². The van der Waals surface area contributed by atoms with E-state index in [9.17, 15) is 4.79 Å². The minimum Gasteiger partial charge on any atom is -0.497 e. The zero-order chi connectivity index (χ0) is 15.4. The summed E-state index contributed by atoms with van der Waals surface area (Å²) in [6.45, 7) is 1.92. The van der Waals surface area contributed by atoms with E-state index in [2.05, 4.69) is 5.32 Å². The lowest BCUT2D eigenvalue weighted by atomic mass is 10.1. The first kappa shape index (κ1) is 15.2. The summed E-state index contributed by atoms with van der Waals surface area (Å²) < 4.78 is 5.11. The normalized spacial score (nSPS) is 11.8. The molecule has 0 aliphatic rings. The molecule has 110 valence electrons. The number of benzene rings is 2. The van der Waals surface area contributed by atoms with E-state index in [1.54, 1.807) is 25.3 Å². The maximum Gasteiger partial charge on any atom is 0.251 e. The van der Waals surface area contributed by atoms with Crippen molar-refractivity contribution in [3.8, 4) is 5.75 Å². The highest BCUT2D eigenvalue weighted by molar-refractivity contribution is 6.33. The van der Waals surface area contributed by atoms with Crippen molar-refractivity contribution in [2.45, 2.75) is 13.0 Å². The first-order valence-electron chi connectivity index (χ1n) is 6.51. The van der Waals surface area contributed by atoms with Crippen LogP contribution in [0.4, 0.5) is 5.69 Å². The number of hydrogen-bond donors (Lipinski definition) is 2. The fraction of sp³-hybridized carbons (Fsp3) is 0.188. The molecule has 2 aromatic rings. The number of nitrogen functional groups attached to an aromatic ring is 1. The Morgan fingerprint density at radius 2 is 1.90 bits per heavy atom. The standard InChI is InChI=1S/C16H17ClN2O2/c1-10(11-3-6-13(21-2)7-4-11)19-16(20)12-5-8-15(18)14(17)9-12/h3-10H,18H2,1-2H3,(H,19,20). The number of anilines is 1. The van der Waals surface area contributed by atoms with Crippen molar-refractivity contribution in [2.24, 2.45) is 0 Å². The highest BCUT2D eigenvalue weighted by Gasteiger charge is 2.12. The van der Waals surface area contributed by atoms with E-state index in [1.807, 2.05) is 31.2 Å². The van der Waals surface area contributed by atoms with Crippen molar-refractivity contribution in [1.29, 1.82) is 0 Å². The molecule has 0 radical (unpaired) electrons. The Morgan fingerprint density at radius 1 is 1.24 bits per heavy atom. The number of carbonyl (C=O) groups excluding carboxylic acids is 1. The molecule has 2 rings (SSSR count). The minimum atomic E-state index is -0.194. The van der Waals surface area contributed by atoms with Crippen molar-refractivity contribution in [1.82, 2.24) is 5.32 Å². The molecule has 0 aliphatic heterocycles. The van der Waals surface area contributed by atoms with Gasteiger partial charge in [-0.25, -0.2) is 0 Å². The molecule has 1 atom stereocenters. The van der Waals surface area contributed by atoms with Crippen LogP contribution < -0.4 is 15.8 Å². The largest absolute Gasteiger partial charge is 0.497 e. The van der Waals surface area contributed by atoms with Gasteiger partial charge in [0.15, 0.2) is 0 Å². The second-order valence-corrected chi connectivity index (χ2v) is 5.11. The first-order chi connectivity index (χ1) is 10.0. The number of nitrogens with two attached hydrogens (primary N) is 1. The number of methoxy groups -OCH3 is 1. The van der Waals surface area contributed by atoms with Crippen molar-refractivity contribution in [3.63, 3.8) is 0 Å². The molecule has 5 heteroatoms. The van der Waals surface area contributed by atoms with Crippen LogP contribution in [0.1, 0.15) is 28.9 Å². The molecule has 21 heavy (non-hydrogen) atoms. The maximum atomic E-state index is 12.2. The Labute approximate surface area is 128 Å². The summed E-state index contributed by atoms with van der Waals surface area (Å²) >= 11 is 5.93. The number of carbonyl (C=O) groups is 1. The number of hydrogen-bond acceptors (Lipinski definition) is 3. The molecule has 2 aromatic carbocycles. The molecular formula is C16H17ClN2O2. The van der Waals surface area contributed by atoms with E-state index < -0.39 is 0 Å². The summed E-state index contributed by atoms with van der Waals surface area (Å²) in [5.74, 6) is 0.586. The smallest absolute Gasteiger partial charge is 0.251 e. The van der Waals surface area contributed by atoms with Gasteiger partial charge in [0.2, 0.25) is 0 Å². The van der Waals surface area contributed by atoms with E-state index in [1.165, 1.54) is 0 Å². The van der Waals surface area contributed by atoms with E-state index in [-0.39, 0.29) is 11.9 Å². The number of halogens is 1. The average Bonchev–Trinajstić information content (AvgIpc) is 2.50. The van der Waals surface area contributed by atoms with Gasteiger partial charge in [-0.05, 0) is 42.8 Å². The van der Waals surface area contributed by atoms with Crippen molar-refractivity contribution in [3.05, 3.63) is 58.6 Å². The van der Waals surface area contributed by atoms with Gasteiger partial charge in [-0.3, -0.25) is 4.79 Å². The second-order valence-electron chi connectivity index (χ2n) is 4.70. The van der Waals surface area contributed by atoms with E-state index in [0.717, 1.165) is 11.3 Å². The molecule has 1 amide bonds. The van der Waals surface area contributed by atoms with Gasteiger partial charge in [0.1, 0.15) is 5.75 Å². The summed E-state index contributed by atoms with van der Waals surface area (Å²) in [5.41, 5.74) is 7.56. The van der Waals surface area contributed by atoms with Gasteiger partial charge < -0.3 is 15.8 Å². The summed E-state index contributed by atoms with van der Waals surface area (Å²) in [7, 11) is 1.62. The molecule has 0 heterocycles. The molecule has 0 bridgehead atoms. The van der Waals surface area contributed by atoms with Crippen LogP contribution in [0, 0.1) is 0 Å². The summed E-state index contributed by atoms with van der Waals surface area (Å²) in [4.78, 5) is 12.2.